The highest BCUT2D eigenvalue weighted by atomic mass is 16.4. The highest BCUT2D eigenvalue weighted by Gasteiger charge is 2.40. The zero-order valence-electron chi connectivity index (χ0n) is 10.4. The third-order valence-corrected chi connectivity index (χ3v) is 2.89. The number of carboxylic acid groups (broad SMARTS) is 3. The quantitative estimate of drug-likeness (QED) is 0.344. The molecule has 0 aromatic carbocycles. The highest BCUT2D eigenvalue weighted by molar-refractivity contribution is 5.91. The number of piperazine rings is 1. The fourth-order valence-electron chi connectivity index (χ4n) is 1.87. The van der Waals surface area contributed by atoms with Gasteiger partial charge in [0.2, 0.25) is 5.91 Å². The Balaban J connectivity index is 2.89. The Hall–Kier alpha value is -2.20. The number of rotatable bonds is 6. The summed E-state index contributed by atoms with van der Waals surface area (Å²) in [6, 6.07) is -3.81. The third-order valence-electron chi connectivity index (χ3n) is 2.89. The van der Waals surface area contributed by atoms with E-state index in [0.29, 0.717) is 0 Å². The Kier molecular flexibility index (Phi) is 5.00. The molecule has 1 aliphatic rings. The predicted molar refractivity (Wildman–Crippen MR) is 62.8 cm³/mol. The largest absolute Gasteiger partial charge is 0.481 e. The number of carbonyl (C=O) groups is 4. The molecule has 20 heavy (non-hydrogen) atoms. The van der Waals surface area contributed by atoms with Crippen molar-refractivity contribution in [3.8, 4) is 0 Å². The van der Waals surface area contributed by atoms with E-state index in [1.54, 1.807) is 0 Å². The summed E-state index contributed by atoms with van der Waals surface area (Å²) in [5.41, 5.74) is 5.30. The maximum atomic E-state index is 12.0. The van der Waals surface area contributed by atoms with Gasteiger partial charge in [0, 0.05) is 13.1 Å². The third kappa shape index (κ3) is 3.65. The Morgan fingerprint density at radius 2 is 1.95 bits per heavy atom. The van der Waals surface area contributed by atoms with Gasteiger partial charge in [0.1, 0.15) is 12.1 Å². The number of carbonyl (C=O) groups excluding carboxylic acids is 1. The van der Waals surface area contributed by atoms with Crippen molar-refractivity contribution in [2.45, 2.75) is 24.5 Å². The van der Waals surface area contributed by atoms with Gasteiger partial charge in [-0.25, -0.2) is 4.79 Å². The summed E-state index contributed by atoms with van der Waals surface area (Å²) in [5.74, 6) is -4.72. The van der Waals surface area contributed by atoms with Crippen molar-refractivity contribution in [1.29, 1.82) is 0 Å². The summed E-state index contributed by atoms with van der Waals surface area (Å²) in [5, 5.41) is 28.9. The summed E-state index contributed by atoms with van der Waals surface area (Å²) in [6.45, 7) is -0.672. The van der Waals surface area contributed by atoms with E-state index in [4.69, 9.17) is 21.1 Å². The van der Waals surface area contributed by atoms with Crippen LogP contribution in [0.15, 0.2) is 0 Å². The Labute approximate surface area is 113 Å². The molecule has 112 valence electrons. The van der Waals surface area contributed by atoms with E-state index in [1.807, 2.05) is 0 Å². The highest BCUT2D eigenvalue weighted by Crippen LogP contribution is 2.12. The molecular formula is C10H15N3O7. The number of hydrogen-bond donors (Lipinski definition) is 5. The monoisotopic (exact) mass is 289 g/mol. The number of nitrogens with two attached hydrogens (primary N) is 1. The normalized spacial score (nSPS) is 24.2. The second-order valence-corrected chi connectivity index (χ2v) is 4.35. The minimum atomic E-state index is -1.44. The van der Waals surface area contributed by atoms with Crippen LogP contribution < -0.4 is 11.1 Å². The maximum Gasteiger partial charge on any atom is 0.327 e. The molecule has 0 spiro atoms. The average molecular weight is 289 g/mol. The zero-order valence-corrected chi connectivity index (χ0v) is 10.4. The molecular weight excluding hydrogens is 274 g/mol. The SMILES string of the molecule is N[C@H](CN1C(=O)[C@H](CC(=O)O)NC[C@@H]1C(=O)O)C(=O)O. The van der Waals surface area contributed by atoms with E-state index in [1.165, 1.54) is 0 Å². The van der Waals surface area contributed by atoms with Crippen molar-refractivity contribution in [3.63, 3.8) is 0 Å². The molecule has 0 saturated carbocycles. The molecule has 1 aliphatic heterocycles. The van der Waals surface area contributed by atoms with Gasteiger partial charge in [-0.15, -0.1) is 0 Å². The van der Waals surface area contributed by atoms with Crippen LogP contribution >= 0.6 is 0 Å². The lowest BCUT2D eigenvalue weighted by Crippen LogP contribution is -2.65. The lowest BCUT2D eigenvalue weighted by Gasteiger charge is -2.38. The maximum absolute atomic E-state index is 12.0. The van der Waals surface area contributed by atoms with Gasteiger partial charge in [0.05, 0.1) is 12.5 Å². The molecule has 1 rings (SSSR count). The van der Waals surface area contributed by atoms with Crippen molar-refractivity contribution in [1.82, 2.24) is 10.2 Å². The molecule has 10 nitrogen and oxygen atoms in total. The second kappa shape index (κ2) is 6.30. The van der Waals surface area contributed by atoms with Crippen LogP contribution in [-0.2, 0) is 19.2 Å². The molecule has 1 saturated heterocycles. The smallest absolute Gasteiger partial charge is 0.327 e. The van der Waals surface area contributed by atoms with Crippen LogP contribution in [0.5, 0.6) is 0 Å². The van der Waals surface area contributed by atoms with Crippen molar-refractivity contribution < 1.29 is 34.5 Å². The molecule has 0 bridgehead atoms. The second-order valence-electron chi connectivity index (χ2n) is 4.35. The van der Waals surface area contributed by atoms with Crippen molar-refractivity contribution in [3.05, 3.63) is 0 Å². The molecule has 1 fully saturated rings. The first-order valence-electron chi connectivity index (χ1n) is 5.71. The van der Waals surface area contributed by atoms with Gasteiger partial charge in [-0.1, -0.05) is 0 Å². The van der Waals surface area contributed by atoms with Crippen LogP contribution in [0, 0.1) is 0 Å². The van der Waals surface area contributed by atoms with Crippen LogP contribution in [0.1, 0.15) is 6.42 Å². The average Bonchev–Trinajstić information content (AvgIpc) is 2.32. The summed E-state index contributed by atoms with van der Waals surface area (Å²) in [7, 11) is 0. The number of nitrogens with zero attached hydrogens (tertiary/aromatic N) is 1. The van der Waals surface area contributed by atoms with E-state index in [2.05, 4.69) is 5.32 Å². The Morgan fingerprint density at radius 1 is 1.35 bits per heavy atom. The van der Waals surface area contributed by atoms with Gasteiger partial charge in [0.15, 0.2) is 0 Å². The zero-order chi connectivity index (χ0) is 15.4. The lowest BCUT2D eigenvalue weighted by molar-refractivity contribution is -0.156. The first-order chi connectivity index (χ1) is 9.23. The minimum Gasteiger partial charge on any atom is -0.481 e. The van der Waals surface area contributed by atoms with E-state index in [0.717, 1.165) is 4.90 Å². The van der Waals surface area contributed by atoms with Crippen molar-refractivity contribution in [2.75, 3.05) is 13.1 Å². The summed E-state index contributed by atoms with van der Waals surface area (Å²) < 4.78 is 0. The van der Waals surface area contributed by atoms with E-state index in [-0.39, 0.29) is 6.54 Å². The molecule has 0 aliphatic carbocycles. The Morgan fingerprint density at radius 3 is 2.40 bits per heavy atom. The molecule has 6 N–H and O–H groups in total. The summed E-state index contributed by atoms with van der Waals surface area (Å²) in [4.78, 5) is 45.2. The molecule has 0 unspecified atom stereocenters. The lowest BCUT2D eigenvalue weighted by atomic mass is 10.0. The van der Waals surface area contributed by atoms with Crippen LogP contribution in [0.25, 0.3) is 0 Å². The number of amides is 1. The fraction of sp³-hybridized carbons (Fsp3) is 0.600. The summed E-state index contributed by atoms with van der Waals surface area (Å²) in [6.07, 6.45) is -0.524. The molecule has 3 atom stereocenters. The van der Waals surface area contributed by atoms with Crippen LogP contribution in [0.2, 0.25) is 0 Å². The van der Waals surface area contributed by atoms with E-state index < -0.39 is 54.9 Å². The van der Waals surface area contributed by atoms with Gasteiger partial charge < -0.3 is 31.3 Å². The molecule has 0 aromatic rings. The number of hydrogen-bond acceptors (Lipinski definition) is 6. The predicted octanol–water partition coefficient (Wildman–Crippen LogP) is -2.87. The van der Waals surface area contributed by atoms with Crippen molar-refractivity contribution >= 4 is 23.8 Å². The van der Waals surface area contributed by atoms with Gasteiger partial charge in [0.25, 0.3) is 0 Å². The minimum absolute atomic E-state index is 0.175. The molecule has 10 heteroatoms. The number of carboxylic acids is 3. The van der Waals surface area contributed by atoms with E-state index >= 15 is 0 Å². The number of aliphatic carboxylic acids is 3. The van der Waals surface area contributed by atoms with Crippen LogP contribution in [-0.4, -0.2) is 75.2 Å². The molecule has 1 heterocycles. The number of nitrogens with one attached hydrogen (secondary N) is 1. The standard InChI is InChI=1S/C10H15N3O7/c11-4(9(17)18)3-13-6(10(19)20)2-12-5(8(13)16)1-7(14)15/h4-6,12H,1-3,11H2,(H,14,15)(H,17,18)(H,19,20)/t4-,5+,6-/m1/s1. The first-order valence-corrected chi connectivity index (χ1v) is 5.71. The van der Waals surface area contributed by atoms with Gasteiger partial charge in [-0.05, 0) is 0 Å². The fourth-order valence-corrected chi connectivity index (χ4v) is 1.87. The van der Waals surface area contributed by atoms with Crippen molar-refractivity contribution in [2.24, 2.45) is 5.73 Å². The van der Waals surface area contributed by atoms with Gasteiger partial charge in [-0.3, -0.25) is 14.4 Å². The molecule has 0 aromatic heterocycles. The summed E-state index contributed by atoms with van der Waals surface area (Å²) >= 11 is 0. The van der Waals surface area contributed by atoms with E-state index in [9.17, 15) is 19.2 Å². The van der Waals surface area contributed by atoms with Crippen LogP contribution in [0.3, 0.4) is 0 Å². The Bertz CT molecular complexity index is 439. The topological polar surface area (TPSA) is 170 Å². The van der Waals surface area contributed by atoms with Gasteiger partial charge >= 0.3 is 17.9 Å². The van der Waals surface area contributed by atoms with Gasteiger partial charge in [-0.2, -0.15) is 0 Å². The first kappa shape index (κ1) is 15.9. The van der Waals surface area contributed by atoms with Crippen LogP contribution in [0.4, 0.5) is 0 Å². The molecule has 0 radical (unpaired) electrons. The molecule has 1 amide bonds.